The molecule has 0 amide bonds. The van der Waals surface area contributed by atoms with Gasteiger partial charge in [-0.15, -0.1) is 0 Å². The number of rotatable bonds is 7. The van der Waals surface area contributed by atoms with Gasteiger partial charge in [0.1, 0.15) is 12.4 Å². The third kappa shape index (κ3) is 4.42. The molecular weight excluding hydrogens is 256 g/mol. The topological polar surface area (TPSA) is 77.1 Å². The van der Waals surface area contributed by atoms with E-state index in [9.17, 15) is 0 Å². The highest BCUT2D eigenvalue weighted by atomic mass is 16.5. The lowest BCUT2D eigenvalue weighted by Gasteiger charge is -2.11. The molecule has 0 spiro atoms. The van der Waals surface area contributed by atoms with Crippen LogP contribution in [-0.4, -0.2) is 30.9 Å². The maximum absolute atomic E-state index is 8.56. The Labute approximate surface area is 119 Å². The monoisotopic (exact) mass is 278 g/mol. The predicted octanol–water partition coefficient (Wildman–Crippen LogP) is 2.37. The Morgan fingerprint density at radius 1 is 1.20 bits per heavy atom. The molecule has 5 heteroatoms. The number of nitrogens with two attached hydrogens (primary N) is 1. The quantitative estimate of drug-likeness (QED) is 0.264. The maximum Gasteiger partial charge on any atom is 0.170 e. The molecule has 1 aliphatic carbocycles. The number of amidine groups is 1. The molecule has 3 N–H and O–H groups in total. The molecule has 1 saturated carbocycles. The third-order valence-corrected chi connectivity index (χ3v) is 3.58. The normalized spacial score (nSPS) is 16.5. The highest BCUT2D eigenvalue weighted by Crippen LogP contribution is 2.24. The lowest BCUT2D eigenvalue weighted by atomic mass is 10.1. The van der Waals surface area contributed by atoms with Gasteiger partial charge in [0, 0.05) is 12.2 Å². The fourth-order valence-corrected chi connectivity index (χ4v) is 2.43. The van der Waals surface area contributed by atoms with Crippen LogP contribution in [0.5, 0.6) is 5.75 Å². The smallest absolute Gasteiger partial charge is 0.170 e. The lowest BCUT2D eigenvalue weighted by molar-refractivity contribution is 0.0754. The zero-order chi connectivity index (χ0) is 14.2. The molecule has 1 aromatic carbocycles. The van der Waals surface area contributed by atoms with E-state index in [2.05, 4.69) is 5.16 Å². The van der Waals surface area contributed by atoms with Crippen LogP contribution < -0.4 is 10.5 Å². The van der Waals surface area contributed by atoms with Crippen LogP contribution in [0.3, 0.4) is 0 Å². The van der Waals surface area contributed by atoms with Gasteiger partial charge in [-0.1, -0.05) is 18.0 Å². The SMILES string of the molecule is NC(=NO)c1ccc(OCCOCC2CCCC2)cc1. The molecule has 20 heavy (non-hydrogen) atoms. The van der Waals surface area contributed by atoms with Crippen molar-refractivity contribution in [1.82, 2.24) is 0 Å². The highest BCUT2D eigenvalue weighted by molar-refractivity contribution is 5.97. The fourth-order valence-electron chi connectivity index (χ4n) is 2.43. The molecule has 0 bridgehead atoms. The molecule has 2 rings (SSSR count). The summed E-state index contributed by atoms with van der Waals surface area (Å²) in [6.07, 6.45) is 5.29. The molecule has 0 atom stereocenters. The van der Waals surface area contributed by atoms with E-state index < -0.39 is 0 Å². The first-order valence-corrected chi connectivity index (χ1v) is 7.08. The highest BCUT2D eigenvalue weighted by Gasteiger charge is 2.14. The Balaban J connectivity index is 1.63. The largest absolute Gasteiger partial charge is 0.491 e. The standard InChI is InChI=1S/C15H22N2O3/c16-15(17-18)13-5-7-14(8-6-13)20-10-9-19-11-12-3-1-2-4-12/h5-8,12,18H,1-4,9-11H2,(H2,16,17). The van der Waals surface area contributed by atoms with Crippen molar-refractivity contribution in [3.8, 4) is 5.75 Å². The molecule has 0 aromatic heterocycles. The second-order valence-electron chi connectivity index (χ2n) is 5.08. The Morgan fingerprint density at radius 3 is 2.55 bits per heavy atom. The number of benzene rings is 1. The van der Waals surface area contributed by atoms with E-state index in [1.807, 2.05) is 0 Å². The zero-order valence-corrected chi connectivity index (χ0v) is 11.6. The van der Waals surface area contributed by atoms with Gasteiger partial charge in [-0.05, 0) is 43.0 Å². The van der Waals surface area contributed by atoms with Crippen molar-refractivity contribution >= 4 is 5.84 Å². The van der Waals surface area contributed by atoms with E-state index in [-0.39, 0.29) is 5.84 Å². The van der Waals surface area contributed by atoms with Crippen molar-refractivity contribution in [3.05, 3.63) is 29.8 Å². The van der Waals surface area contributed by atoms with E-state index in [1.54, 1.807) is 24.3 Å². The van der Waals surface area contributed by atoms with Gasteiger partial charge < -0.3 is 20.4 Å². The van der Waals surface area contributed by atoms with Gasteiger partial charge in [-0.2, -0.15) is 0 Å². The van der Waals surface area contributed by atoms with Gasteiger partial charge in [-0.25, -0.2) is 0 Å². The lowest BCUT2D eigenvalue weighted by Crippen LogP contribution is -2.13. The van der Waals surface area contributed by atoms with Gasteiger partial charge in [0.15, 0.2) is 5.84 Å². The number of nitrogens with zero attached hydrogens (tertiary/aromatic N) is 1. The first kappa shape index (κ1) is 14.7. The summed E-state index contributed by atoms with van der Waals surface area (Å²) in [7, 11) is 0. The Bertz CT molecular complexity index is 425. The Morgan fingerprint density at radius 2 is 1.90 bits per heavy atom. The van der Waals surface area contributed by atoms with Gasteiger partial charge in [0.25, 0.3) is 0 Å². The number of ether oxygens (including phenoxy) is 2. The van der Waals surface area contributed by atoms with Crippen LogP contribution in [0.4, 0.5) is 0 Å². The van der Waals surface area contributed by atoms with Gasteiger partial charge in [-0.3, -0.25) is 0 Å². The van der Waals surface area contributed by atoms with Crippen LogP contribution in [0.25, 0.3) is 0 Å². The molecule has 0 unspecified atom stereocenters. The van der Waals surface area contributed by atoms with Crippen molar-refractivity contribution in [2.75, 3.05) is 19.8 Å². The minimum Gasteiger partial charge on any atom is -0.491 e. The first-order chi connectivity index (χ1) is 9.79. The summed E-state index contributed by atoms with van der Waals surface area (Å²) in [5.74, 6) is 1.59. The second kappa shape index (κ2) is 7.75. The minimum atomic E-state index is 0.0939. The molecule has 0 radical (unpaired) electrons. The number of oxime groups is 1. The van der Waals surface area contributed by atoms with E-state index >= 15 is 0 Å². The molecular formula is C15H22N2O3. The van der Waals surface area contributed by atoms with Crippen LogP contribution in [0.1, 0.15) is 31.2 Å². The van der Waals surface area contributed by atoms with Crippen molar-refractivity contribution in [2.45, 2.75) is 25.7 Å². The minimum absolute atomic E-state index is 0.0939. The molecule has 1 aromatic rings. The van der Waals surface area contributed by atoms with E-state index in [0.717, 1.165) is 18.3 Å². The van der Waals surface area contributed by atoms with E-state index in [0.29, 0.717) is 18.8 Å². The van der Waals surface area contributed by atoms with Gasteiger partial charge in [0.2, 0.25) is 0 Å². The molecule has 0 aliphatic heterocycles. The molecule has 1 aliphatic rings. The summed E-state index contributed by atoms with van der Waals surface area (Å²) >= 11 is 0. The molecule has 5 nitrogen and oxygen atoms in total. The van der Waals surface area contributed by atoms with E-state index in [4.69, 9.17) is 20.4 Å². The van der Waals surface area contributed by atoms with Crippen LogP contribution in [0.15, 0.2) is 29.4 Å². The van der Waals surface area contributed by atoms with Crippen LogP contribution >= 0.6 is 0 Å². The Kier molecular flexibility index (Phi) is 5.68. The maximum atomic E-state index is 8.56. The molecule has 0 saturated heterocycles. The third-order valence-electron chi connectivity index (χ3n) is 3.58. The number of hydrogen-bond acceptors (Lipinski definition) is 4. The molecule has 0 heterocycles. The average molecular weight is 278 g/mol. The van der Waals surface area contributed by atoms with Crippen LogP contribution in [0, 0.1) is 5.92 Å². The predicted molar refractivity (Wildman–Crippen MR) is 77.2 cm³/mol. The zero-order valence-electron chi connectivity index (χ0n) is 11.6. The van der Waals surface area contributed by atoms with Crippen molar-refractivity contribution < 1.29 is 14.7 Å². The summed E-state index contributed by atoms with van der Waals surface area (Å²) in [4.78, 5) is 0. The summed E-state index contributed by atoms with van der Waals surface area (Å²) in [6, 6.07) is 7.10. The van der Waals surface area contributed by atoms with Crippen molar-refractivity contribution in [1.29, 1.82) is 0 Å². The van der Waals surface area contributed by atoms with Gasteiger partial charge >= 0.3 is 0 Å². The van der Waals surface area contributed by atoms with Gasteiger partial charge in [0.05, 0.1) is 6.61 Å². The first-order valence-electron chi connectivity index (χ1n) is 7.08. The number of hydrogen-bond donors (Lipinski definition) is 2. The van der Waals surface area contributed by atoms with E-state index in [1.165, 1.54) is 25.7 Å². The summed E-state index contributed by atoms with van der Waals surface area (Å²) in [6.45, 7) is 2.00. The fraction of sp³-hybridized carbons (Fsp3) is 0.533. The summed E-state index contributed by atoms with van der Waals surface area (Å²) in [5.41, 5.74) is 6.15. The van der Waals surface area contributed by atoms with Crippen LogP contribution in [-0.2, 0) is 4.74 Å². The average Bonchev–Trinajstić information content (AvgIpc) is 3.00. The van der Waals surface area contributed by atoms with Crippen LogP contribution in [0.2, 0.25) is 0 Å². The molecule has 110 valence electrons. The Hall–Kier alpha value is -1.75. The second-order valence-corrected chi connectivity index (χ2v) is 5.08. The molecule has 1 fully saturated rings. The van der Waals surface area contributed by atoms with Crippen molar-refractivity contribution in [2.24, 2.45) is 16.8 Å². The summed E-state index contributed by atoms with van der Waals surface area (Å²) in [5, 5.41) is 11.5. The summed E-state index contributed by atoms with van der Waals surface area (Å²) < 4.78 is 11.2. The van der Waals surface area contributed by atoms with Crippen molar-refractivity contribution in [3.63, 3.8) is 0 Å².